The number of carboxylic acid groups (broad SMARTS) is 2. The van der Waals surface area contributed by atoms with E-state index < -0.39 is 91.1 Å². The minimum atomic E-state index is -1.68. The Balaban J connectivity index is 2.91. The van der Waals surface area contributed by atoms with Gasteiger partial charge in [-0.1, -0.05) is 44.2 Å². The Hall–Kier alpha value is -4.56. The van der Waals surface area contributed by atoms with Crippen molar-refractivity contribution >= 4 is 41.5 Å². The van der Waals surface area contributed by atoms with Gasteiger partial charge in [-0.3, -0.25) is 28.8 Å². The van der Waals surface area contributed by atoms with Crippen LogP contribution in [-0.4, -0.2) is 82.6 Å². The average Bonchev–Trinajstić information content (AvgIpc) is 2.91. The zero-order valence-corrected chi connectivity index (χ0v) is 22.8. The van der Waals surface area contributed by atoms with Crippen LogP contribution >= 0.6 is 0 Å². The summed E-state index contributed by atoms with van der Waals surface area (Å²) in [4.78, 5) is 84.5. The first-order valence-electron chi connectivity index (χ1n) is 12.7. The first-order valence-corrected chi connectivity index (χ1v) is 12.7. The number of alkyl halides is 1. The molecule has 14 nitrogen and oxygen atoms in total. The van der Waals surface area contributed by atoms with Gasteiger partial charge in [0.15, 0.2) is 5.78 Å². The molecule has 0 unspecified atom stereocenters. The summed E-state index contributed by atoms with van der Waals surface area (Å²) in [6, 6.07) is 3.03. The van der Waals surface area contributed by atoms with E-state index in [1.54, 1.807) is 30.3 Å². The van der Waals surface area contributed by atoms with Crippen molar-refractivity contribution in [1.82, 2.24) is 21.3 Å². The quantitative estimate of drug-likeness (QED) is 0.147. The molecule has 0 saturated heterocycles. The van der Waals surface area contributed by atoms with Crippen LogP contribution in [-0.2, 0) is 40.1 Å². The Labute approximate surface area is 235 Å². The highest BCUT2D eigenvalue weighted by atomic mass is 19.1. The Morgan fingerprint density at radius 1 is 0.805 bits per heavy atom. The molecule has 15 heteroatoms. The third-order valence-electron chi connectivity index (χ3n) is 5.68. The number of alkyl carbamates (subject to hydrolysis) is 1. The van der Waals surface area contributed by atoms with Crippen molar-refractivity contribution in [1.29, 1.82) is 0 Å². The highest BCUT2D eigenvalue weighted by Crippen LogP contribution is 2.08. The van der Waals surface area contributed by atoms with E-state index in [-0.39, 0.29) is 13.0 Å². The van der Waals surface area contributed by atoms with Gasteiger partial charge in [-0.2, -0.15) is 0 Å². The lowest BCUT2D eigenvalue weighted by molar-refractivity contribution is -0.141. The molecule has 0 spiro atoms. The summed E-state index contributed by atoms with van der Waals surface area (Å²) in [5.41, 5.74) is 0.706. The molecule has 226 valence electrons. The average molecular weight is 583 g/mol. The van der Waals surface area contributed by atoms with Crippen molar-refractivity contribution in [3.63, 3.8) is 0 Å². The number of ketones is 1. The van der Waals surface area contributed by atoms with Gasteiger partial charge < -0.3 is 36.2 Å². The molecule has 0 heterocycles. The van der Waals surface area contributed by atoms with Crippen molar-refractivity contribution in [2.24, 2.45) is 5.92 Å². The normalized spacial score (nSPS) is 13.6. The second-order valence-corrected chi connectivity index (χ2v) is 9.41. The minimum absolute atomic E-state index is 0.0619. The second-order valence-electron chi connectivity index (χ2n) is 9.41. The summed E-state index contributed by atoms with van der Waals surface area (Å²) in [7, 11) is 0. The summed E-state index contributed by atoms with van der Waals surface area (Å²) < 4.78 is 17.9. The van der Waals surface area contributed by atoms with Gasteiger partial charge in [0.2, 0.25) is 17.7 Å². The molecule has 0 bridgehead atoms. The predicted molar refractivity (Wildman–Crippen MR) is 140 cm³/mol. The van der Waals surface area contributed by atoms with E-state index in [2.05, 4.69) is 21.3 Å². The molecule has 0 aromatic heterocycles. The molecule has 41 heavy (non-hydrogen) atoms. The van der Waals surface area contributed by atoms with Gasteiger partial charge in [0.05, 0.1) is 6.42 Å². The monoisotopic (exact) mass is 582 g/mol. The molecule has 4 amide bonds. The number of carboxylic acids is 2. The Kier molecular flexibility index (Phi) is 14.5. The summed E-state index contributed by atoms with van der Waals surface area (Å²) in [6.45, 7) is 2.76. The first-order chi connectivity index (χ1) is 19.2. The highest BCUT2D eigenvalue weighted by molar-refractivity contribution is 5.96. The van der Waals surface area contributed by atoms with E-state index in [1.807, 2.05) is 0 Å². The number of halogens is 1. The van der Waals surface area contributed by atoms with Crippen molar-refractivity contribution < 1.29 is 52.9 Å². The molecule has 0 fully saturated rings. The molecule has 0 radical (unpaired) electrons. The molecule has 1 aromatic carbocycles. The number of hydrogen-bond acceptors (Lipinski definition) is 8. The maximum atomic E-state index is 13.0. The number of nitrogens with one attached hydrogen (secondary N) is 4. The largest absolute Gasteiger partial charge is 0.481 e. The third-order valence-corrected chi connectivity index (χ3v) is 5.68. The molecule has 1 aromatic rings. The Morgan fingerprint density at radius 2 is 1.41 bits per heavy atom. The second kappa shape index (κ2) is 17.2. The number of rotatable bonds is 17. The van der Waals surface area contributed by atoms with Crippen molar-refractivity contribution in [3.8, 4) is 0 Å². The number of hydrogen-bond donors (Lipinski definition) is 6. The van der Waals surface area contributed by atoms with Gasteiger partial charge in [0, 0.05) is 6.42 Å². The summed E-state index contributed by atoms with van der Waals surface area (Å²) >= 11 is 0. The summed E-state index contributed by atoms with van der Waals surface area (Å²) in [5.74, 6) is -7.34. The van der Waals surface area contributed by atoms with Gasteiger partial charge in [-0.15, -0.1) is 0 Å². The number of carbonyl (C=O) groups is 7. The number of ether oxygens (including phenoxy) is 1. The number of benzene rings is 1. The molecule has 0 saturated carbocycles. The van der Waals surface area contributed by atoms with E-state index in [1.165, 1.54) is 20.8 Å². The van der Waals surface area contributed by atoms with Crippen molar-refractivity contribution in [2.75, 3.05) is 6.67 Å². The zero-order chi connectivity index (χ0) is 31.1. The summed E-state index contributed by atoms with van der Waals surface area (Å²) in [6.07, 6.45) is -2.72. The molecule has 6 N–H and O–H groups in total. The van der Waals surface area contributed by atoms with Gasteiger partial charge in [-0.05, 0) is 24.8 Å². The molecule has 1 rings (SSSR count). The standard InChI is InChI=1S/C26H35FN4O10/c1-14(2)22(25(39)30-18(11-21(35)36)19(32)12-27)31-24(38)17(9-10-20(33)34)29-23(37)15(3)28-26(40)41-13-16-7-5-4-6-8-16/h4-8,14-15,17-18,22H,9-13H2,1-3H3,(H,28,40)(H,29,37)(H,30,39)(H,31,38)(H,33,34)(H,35,36)/t15-,17+,18-,22+/m0/s1. The molecule has 4 atom stereocenters. The number of Topliss-reactive ketones (excluding diaryl/α,β-unsaturated/α-hetero) is 1. The van der Waals surface area contributed by atoms with Crippen LogP contribution in [0.15, 0.2) is 30.3 Å². The van der Waals surface area contributed by atoms with E-state index in [4.69, 9.17) is 14.9 Å². The first kappa shape index (κ1) is 34.5. The lowest BCUT2D eigenvalue weighted by Gasteiger charge is -2.27. The molecule has 0 aliphatic heterocycles. The van der Waals surface area contributed by atoms with Gasteiger partial charge in [0.1, 0.15) is 37.4 Å². The van der Waals surface area contributed by atoms with Crippen LogP contribution in [0.3, 0.4) is 0 Å². The maximum Gasteiger partial charge on any atom is 0.408 e. The number of amides is 4. The highest BCUT2D eigenvalue weighted by Gasteiger charge is 2.33. The third kappa shape index (κ3) is 12.9. The fourth-order valence-corrected chi connectivity index (χ4v) is 3.40. The lowest BCUT2D eigenvalue weighted by atomic mass is 10.0. The Morgan fingerprint density at radius 3 is 1.95 bits per heavy atom. The van der Waals surface area contributed by atoms with Crippen LogP contribution in [0.5, 0.6) is 0 Å². The van der Waals surface area contributed by atoms with Crippen LogP contribution in [0.4, 0.5) is 9.18 Å². The zero-order valence-electron chi connectivity index (χ0n) is 22.8. The molecular formula is C26H35FN4O10. The number of carbonyl (C=O) groups excluding carboxylic acids is 5. The van der Waals surface area contributed by atoms with E-state index in [0.29, 0.717) is 5.56 Å². The SMILES string of the molecule is CC(C)[C@@H](NC(=O)[C@@H](CCC(=O)O)NC(=O)[C@H](C)NC(=O)OCc1ccccc1)C(=O)N[C@@H](CC(=O)O)C(=O)CF. The van der Waals surface area contributed by atoms with E-state index in [9.17, 15) is 38.0 Å². The van der Waals surface area contributed by atoms with Crippen molar-refractivity contribution in [2.45, 2.75) is 70.8 Å². The van der Waals surface area contributed by atoms with Crippen LogP contribution in [0, 0.1) is 5.92 Å². The molecular weight excluding hydrogens is 547 g/mol. The van der Waals surface area contributed by atoms with Crippen LogP contribution < -0.4 is 21.3 Å². The fraction of sp³-hybridized carbons (Fsp3) is 0.500. The Bertz CT molecular complexity index is 1100. The molecule has 0 aliphatic rings. The van der Waals surface area contributed by atoms with Gasteiger partial charge >= 0.3 is 18.0 Å². The number of aliphatic carboxylic acids is 2. The molecule has 0 aliphatic carbocycles. The van der Waals surface area contributed by atoms with Crippen LogP contribution in [0.25, 0.3) is 0 Å². The van der Waals surface area contributed by atoms with E-state index in [0.717, 1.165) is 0 Å². The van der Waals surface area contributed by atoms with Crippen molar-refractivity contribution in [3.05, 3.63) is 35.9 Å². The van der Waals surface area contributed by atoms with Gasteiger partial charge in [-0.25, -0.2) is 9.18 Å². The predicted octanol–water partition coefficient (Wildman–Crippen LogP) is 0.290. The smallest absolute Gasteiger partial charge is 0.408 e. The topological polar surface area (TPSA) is 217 Å². The maximum absolute atomic E-state index is 13.0. The fourth-order valence-electron chi connectivity index (χ4n) is 3.40. The van der Waals surface area contributed by atoms with Crippen LogP contribution in [0.1, 0.15) is 45.6 Å². The lowest BCUT2D eigenvalue weighted by Crippen LogP contribution is -2.59. The van der Waals surface area contributed by atoms with Crippen LogP contribution in [0.2, 0.25) is 0 Å². The van der Waals surface area contributed by atoms with E-state index >= 15 is 0 Å². The summed E-state index contributed by atoms with van der Waals surface area (Å²) in [5, 5.41) is 27.1. The minimum Gasteiger partial charge on any atom is -0.481 e. The van der Waals surface area contributed by atoms with Gasteiger partial charge in [0.25, 0.3) is 0 Å².